The molecule has 2 aromatic carbocycles. The van der Waals surface area contributed by atoms with Gasteiger partial charge in [0.05, 0.1) is 10.4 Å². The smallest absolute Gasteiger partial charge is 0.0942 e. The van der Waals surface area contributed by atoms with Gasteiger partial charge < -0.3 is 4.98 Å². The highest BCUT2D eigenvalue weighted by Gasteiger charge is 2.16. The van der Waals surface area contributed by atoms with E-state index < -0.39 is 0 Å². The number of hydrogen-bond donors (Lipinski definition) is 1. The van der Waals surface area contributed by atoms with Gasteiger partial charge in [0.2, 0.25) is 0 Å². The van der Waals surface area contributed by atoms with Gasteiger partial charge in [-0.15, -0.1) is 22.9 Å². The van der Waals surface area contributed by atoms with Crippen LogP contribution in [0.2, 0.25) is 5.02 Å². The molecule has 0 radical (unpaired) electrons. The van der Waals surface area contributed by atoms with Gasteiger partial charge in [-0.25, -0.2) is 0 Å². The summed E-state index contributed by atoms with van der Waals surface area (Å²) < 4.78 is 0. The average molecular weight is 332 g/mol. The Morgan fingerprint density at radius 2 is 1.76 bits per heavy atom. The van der Waals surface area contributed by atoms with Crippen LogP contribution in [-0.2, 0) is 0 Å². The highest BCUT2D eigenvalue weighted by Crippen LogP contribution is 2.39. The predicted molar refractivity (Wildman–Crippen MR) is 92.8 cm³/mol. The van der Waals surface area contributed by atoms with Crippen molar-refractivity contribution in [1.29, 1.82) is 0 Å². The third-order valence-corrected chi connectivity index (χ3v) is 5.72. The molecular weight excluding hydrogens is 321 g/mol. The second kappa shape index (κ2) is 5.06. The zero-order chi connectivity index (χ0) is 14.4. The van der Waals surface area contributed by atoms with Gasteiger partial charge in [-0.3, -0.25) is 0 Å². The minimum Gasteiger partial charge on any atom is -0.355 e. The van der Waals surface area contributed by atoms with E-state index in [-0.39, 0.29) is 5.38 Å². The molecule has 0 saturated carbocycles. The summed E-state index contributed by atoms with van der Waals surface area (Å²) in [5, 5.41) is 4.91. The number of aromatic nitrogens is 1. The number of thiophene rings is 1. The van der Waals surface area contributed by atoms with Crippen LogP contribution in [0.25, 0.3) is 21.8 Å². The van der Waals surface area contributed by atoms with Gasteiger partial charge in [-0.1, -0.05) is 35.9 Å². The summed E-state index contributed by atoms with van der Waals surface area (Å²) in [5.41, 5.74) is 3.34. The van der Waals surface area contributed by atoms with Crippen LogP contribution < -0.4 is 0 Å². The van der Waals surface area contributed by atoms with Gasteiger partial charge in [0.15, 0.2) is 0 Å². The van der Waals surface area contributed by atoms with Crippen molar-refractivity contribution in [1.82, 2.24) is 4.98 Å². The summed E-state index contributed by atoms with van der Waals surface area (Å²) in [6.07, 6.45) is 0. The van der Waals surface area contributed by atoms with E-state index in [2.05, 4.69) is 41.4 Å². The zero-order valence-corrected chi connectivity index (χ0v) is 13.3. The number of fused-ring (bicyclic) bond motifs is 3. The van der Waals surface area contributed by atoms with Crippen molar-refractivity contribution in [2.45, 2.75) is 5.38 Å². The predicted octanol–water partition coefficient (Wildman–Crippen LogP) is 6.36. The van der Waals surface area contributed by atoms with Gasteiger partial charge in [-0.05, 0) is 35.2 Å². The standard InChI is InChI=1S/C17H11Cl2NS/c18-13-7-8-21-17(13)16(19)10-5-6-15-12(9-10)11-3-1-2-4-14(11)20-15/h1-9,16,20H. The molecule has 21 heavy (non-hydrogen) atoms. The molecule has 0 spiro atoms. The Morgan fingerprint density at radius 1 is 0.952 bits per heavy atom. The van der Waals surface area contributed by atoms with Crippen molar-refractivity contribution in [3.63, 3.8) is 0 Å². The van der Waals surface area contributed by atoms with E-state index in [4.69, 9.17) is 23.2 Å². The number of hydrogen-bond acceptors (Lipinski definition) is 1. The van der Waals surface area contributed by atoms with E-state index in [0.717, 1.165) is 26.5 Å². The molecule has 0 amide bonds. The monoisotopic (exact) mass is 331 g/mol. The van der Waals surface area contributed by atoms with Crippen LogP contribution in [0.1, 0.15) is 15.8 Å². The van der Waals surface area contributed by atoms with Gasteiger partial charge >= 0.3 is 0 Å². The Balaban J connectivity index is 1.90. The number of H-pyrrole nitrogens is 1. The molecule has 4 aromatic rings. The molecule has 0 saturated heterocycles. The number of aromatic amines is 1. The molecular formula is C17H11Cl2NS. The maximum Gasteiger partial charge on any atom is 0.0942 e. The van der Waals surface area contributed by atoms with Crippen LogP contribution in [0.5, 0.6) is 0 Å². The van der Waals surface area contributed by atoms with Gasteiger partial charge in [0.1, 0.15) is 0 Å². The van der Waals surface area contributed by atoms with Gasteiger partial charge in [-0.2, -0.15) is 0 Å². The Hall–Kier alpha value is -1.48. The van der Waals surface area contributed by atoms with Gasteiger partial charge in [0, 0.05) is 26.7 Å². The van der Waals surface area contributed by atoms with E-state index in [9.17, 15) is 0 Å². The maximum absolute atomic E-state index is 6.61. The molecule has 2 aromatic heterocycles. The fourth-order valence-corrected chi connectivity index (χ4v) is 4.29. The lowest BCUT2D eigenvalue weighted by Crippen LogP contribution is -1.90. The molecule has 0 aliphatic heterocycles. The molecule has 1 nitrogen and oxygen atoms in total. The van der Waals surface area contributed by atoms with Crippen molar-refractivity contribution in [3.05, 3.63) is 69.4 Å². The number of benzene rings is 2. The lowest BCUT2D eigenvalue weighted by atomic mass is 10.1. The van der Waals surface area contributed by atoms with Crippen LogP contribution in [0.4, 0.5) is 0 Å². The zero-order valence-electron chi connectivity index (χ0n) is 10.9. The van der Waals surface area contributed by atoms with E-state index in [0.29, 0.717) is 0 Å². The lowest BCUT2D eigenvalue weighted by Gasteiger charge is -2.09. The molecule has 0 bridgehead atoms. The largest absolute Gasteiger partial charge is 0.355 e. The average Bonchev–Trinajstić information content (AvgIpc) is 3.09. The van der Waals surface area contributed by atoms with E-state index >= 15 is 0 Å². The fourth-order valence-electron chi connectivity index (χ4n) is 2.66. The van der Waals surface area contributed by atoms with Crippen molar-refractivity contribution < 1.29 is 0 Å². The fraction of sp³-hybridized carbons (Fsp3) is 0.0588. The lowest BCUT2D eigenvalue weighted by molar-refractivity contribution is 1.19. The summed E-state index contributed by atoms with van der Waals surface area (Å²) in [7, 11) is 0. The van der Waals surface area contributed by atoms with Crippen molar-refractivity contribution >= 4 is 56.3 Å². The van der Waals surface area contributed by atoms with Crippen LogP contribution in [0, 0.1) is 0 Å². The second-order valence-electron chi connectivity index (χ2n) is 4.97. The first-order chi connectivity index (χ1) is 10.2. The molecule has 0 fully saturated rings. The number of para-hydroxylation sites is 1. The summed E-state index contributed by atoms with van der Waals surface area (Å²) in [6.45, 7) is 0. The Morgan fingerprint density at radius 3 is 2.57 bits per heavy atom. The van der Waals surface area contributed by atoms with Crippen molar-refractivity contribution in [2.24, 2.45) is 0 Å². The quantitative estimate of drug-likeness (QED) is 0.411. The highest BCUT2D eigenvalue weighted by molar-refractivity contribution is 7.11. The number of halogens is 2. The maximum atomic E-state index is 6.61. The number of rotatable bonds is 2. The van der Waals surface area contributed by atoms with Crippen LogP contribution in [-0.4, -0.2) is 4.98 Å². The summed E-state index contributed by atoms with van der Waals surface area (Å²) in [4.78, 5) is 4.42. The van der Waals surface area contributed by atoms with Crippen molar-refractivity contribution in [3.8, 4) is 0 Å². The van der Waals surface area contributed by atoms with E-state index in [1.807, 2.05) is 17.5 Å². The normalized spacial score (nSPS) is 13.0. The minimum absolute atomic E-state index is 0.212. The molecule has 0 aliphatic rings. The van der Waals surface area contributed by atoms with Crippen LogP contribution in [0.15, 0.2) is 53.9 Å². The topological polar surface area (TPSA) is 15.8 Å². The van der Waals surface area contributed by atoms with Crippen LogP contribution >= 0.6 is 34.5 Å². The molecule has 1 unspecified atom stereocenters. The first-order valence-electron chi connectivity index (χ1n) is 6.61. The summed E-state index contributed by atoms with van der Waals surface area (Å²) in [5.74, 6) is 0. The Kier molecular flexibility index (Phi) is 3.18. The summed E-state index contributed by atoms with van der Waals surface area (Å²) >= 11 is 14.4. The molecule has 1 atom stereocenters. The van der Waals surface area contributed by atoms with E-state index in [1.54, 1.807) is 11.3 Å². The second-order valence-corrected chi connectivity index (χ2v) is 6.76. The molecule has 1 N–H and O–H groups in total. The molecule has 0 aliphatic carbocycles. The number of alkyl halides is 1. The van der Waals surface area contributed by atoms with E-state index in [1.165, 1.54) is 10.8 Å². The van der Waals surface area contributed by atoms with Crippen molar-refractivity contribution in [2.75, 3.05) is 0 Å². The molecule has 104 valence electrons. The Bertz CT molecular complexity index is 938. The highest BCUT2D eigenvalue weighted by atomic mass is 35.5. The van der Waals surface area contributed by atoms with Gasteiger partial charge in [0.25, 0.3) is 0 Å². The minimum atomic E-state index is -0.212. The molecule has 2 heterocycles. The Labute approximate surface area is 136 Å². The first-order valence-corrected chi connectivity index (χ1v) is 8.31. The number of nitrogens with one attached hydrogen (secondary N) is 1. The third kappa shape index (κ3) is 2.15. The first kappa shape index (κ1) is 13.2. The molecule has 4 heteroatoms. The third-order valence-electron chi connectivity index (χ3n) is 3.70. The SMILES string of the molecule is Clc1ccsc1C(Cl)c1ccc2[nH]c3ccccc3c2c1. The van der Waals surface area contributed by atoms with Crippen LogP contribution in [0.3, 0.4) is 0 Å². The summed E-state index contributed by atoms with van der Waals surface area (Å²) in [6, 6.07) is 16.5. The molecule has 4 rings (SSSR count).